The number of ether oxygens (including phenoxy) is 1. The smallest absolute Gasteiger partial charge is 0.273 e. The molecule has 2 heterocycles. The lowest BCUT2D eigenvalue weighted by molar-refractivity contribution is 0.0593. The van der Waals surface area contributed by atoms with Gasteiger partial charge >= 0.3 is 0 Å². The lowest BCUT2D eigenvalue weighted by Crippen LogP contribution is -2.44. The van der Waals surface area contributed by atoms with Gasteiger partial charge in [-0.15, -0.1) is 5.10 Å². The van der Waals surface area contributed by atoms with Gasteiger partial charge in [-0.2, -0.15) is 0 Å². The maximum atomic E-state index is 13.0. The number of benzene rings is 1. The normalized spacial score (nSPS) is 19.1. The standard InChI is InChI=1S/C21H27N5O3/c1-29-18-9-5-15(6-10-18)21(28)26-12-3-2-4-17(26)11-13-25-14-19(23-24-25)20(27)22-16-7-8-16/h5-6,9-10,14,16-17H,2-4,7-8,11-13H2,1H3,(H,22,27)/t17-/m0/s1. The third-order valence-corrected chi connectivity index (χ3v) is 5.60. The van der Waals surface area contributed by atoms with Crippen LogP contribution in [0, 0.1) is 0 Å². The van der Waals surface area contributed by atoms with Crippen LogP contribution < -0.4 is 10.1 Å². The monoisotopic (exact) mass is 397 g/mol. The number of carbonyl (C=O) groups is 2. The molecule has 2 aromatic rings. The number of likely N-dealkylation sites (tertiary alicyclic amines) is 1. The summed E-state index contributed by atoms with van der Waals surface area (Å²) in [6.07, 6.45) is 7.67. The largest absolute Gasteiger partial charge is 0.497 e. The molecule has 1 saturated heterocycles. The summed E-state index contributed by atoms with van der Waals surface area (Å²) >= 11 is 0. The molecule has 0 radical (unpaired) electrons. The number of piperidine rings is 1. The number of carbonyl (C=O) groups excluding carboxylic acids is 2. The zero-order valence-electron chi connectivity index (χ0n) is 16.7. The summed E-state index contributed by atoms with van der Waals surface area (Å²) < 4.78 is 6.88. The van der Waals surface area contributed by atoms with Gasteiger partial charge in [0.1, 0.15) is 5.75 Å². The highest BCUT2D eigenvalue weighted by molar-refractivity contribution is 5.94. The Morgan fingerprint density at radius 2 is 1.97 bits per heavy atom. The summed E-state index contributed by atoms with van der Waals surface area (Å²) in [5.74, 6) is 0.637. The molecule has 1 atom stereocenters. The molecule has 0 bridgehead atoms. The van der Waals surface area contributed by atoms with Crippen LogP contribution in [0.1, 0.15) is 59.4 Å². The quantitative estimate of drug-likeness (QED) is 0.774. The van der Waals surface area contributed by atoms with Crippen molar-refractivity contribution in [2.45, 2.75) is 57.2 Å². The second-order valence-electron chi connectivity index (χ2n) is 7.78. The van der Waals surface area contributed by atoms with Gasteiger partial charge in [0.15, 0.2) is 5.69 Å². The molecule has 8 nitrogen and oxygen atoms in total. The number of rotatable bonds is 7. The van der Waals surface area contributed by atoms with Crippen LogP contribution in [0.3, 0.4) is 0 Å². The average molecular weight is 397 g/mol. The highest BCUT2D eigenvalue weighted by Gasteiger charge is 2.28. The first kappa shape index (κ1) is 19.4. The number of aromatic nitrogens is 3. The van der Waals surface area contributed by atoms with Gasteiger partial charge in [-0.05, 0) is 62.8 Å². The second-order valence-corrected chi connectivity index (χ2v) is 7.78. The van der Waals surface area contributed by atoms with E-state index in [1.165, 1.54) is 0 Å². The summed E-state index contributed by atoms with van der Waals surface area (Å²) in [7, 11) is 1.61. The number of hydrogen-bond acceptors (Lipinski definition) is 5. The van der Waals surface area contributed by atoms with Crippen molar-refractivity contribution in [1.29, 1.82) is 0 Å². The van der Waals surface area contributed by atoms with Crippen molar-refractivity contribution in [3.8, 4) is 5.75 Å². The molecule has 154 valence electrons. The lowest BCUT2D eigenvalue weighted by Gasteiger charge is -2.36. The first-order valence-electron chi connectivity index (χ1n) is 10.3. The van der Waals surface area contributed by atoms with Gasteiger partial charge in [0.2, 0.25) is 0 Å². The minimum Gasteiger partial charge on any atom is -0.497 e. The summed E-state index contributed by atoms with van der Waals surface area (Å²) in [5.41, 5.74) is 1.03. The fourth-order valence-electron chi connectivity index (χ4n) is 3.75. The number of methoxy groups -OCH3 is 1. The molecule has 2 fully saturated rings. The minimum atomic E-state index is -0.160. The van der Waals surface area contributed by atoms with Crippen molar-refractivity contribution in [3.05, 3.63) is 41.7 Å². The molecule has 1 aliphatic heterocycles. The first-order valence-corrected chi connectivity index (χ1v) is 10.3. The van der Waals surface area contributed by atoms with E-state index in [4.69, 9.17) is 4.74 Å². The van der Waals surface area contributed by atoms with Crippen molar-refractivity contribution in [2.75, 3.05) is 13.7 Å². The molecular formula is C21H27N5O3. The number of hydrogen-bond donors (Lipinski definition) is 1. The van der Waals surface area contributed by atoms with Gasteiger partial charge in [0.05, 0.1) is 13.3 Å². The van der Waals surface area contributed by atoms with Crippen molar-refractivity contribution < 1.29 is 14.3 Å². The maximum Gasteiger partial charge on any atom is 0.273 e. The van der Waals surface area contributed by atoms with Crippen LogP contribution in [0.25, 0.3) is 0 Å². The molecule has 1 N–H and O–H groups in total. The van der Waals surface area contributed by atoms with Crippen LogP contribution in [0.15, 0.2) is 30.5 Å². The Morgan fingerprint density at radius 3 is 2.69 bits per heavy atom. The lowest BCUT2D eigenvalue weighted by atomic mass is 9.98. The summed E-state index contributed by atoms with van der Waals surface area (Å²) in [6.45, 7) is 1.39. The Morgan fingerprint density at radius 1 is 1.17 bits per heavy atom. The van der Waals surface area contributed by atoms with Gasteiger partial charge in [0, 0.05) is 30.7 Å². The molecule has 0 unspecified atom stereocenters. The van der Waals surface area contributed by atoms with Crippen LogP contribution >= 0.6 is 0 Å². The van der Waals surface area contributed by atoms with Crippen LogP contribution in [-0.4, -0.2) is 57.4 Å². The summed E-state index contributed by atoms with van der Waals surface area (Å²) in [5, 5.41) is 11.0. The SMILES string of the molecule is COc1ccc(C(=O)N2CCCC[C@H]2CCn2cc(C(=O)NC3CC3)nn2)cc1. The fraction of sp³-hybridized carbons (Fsp3) is 0.524. The average Bonchev–Trinajstić information content (AvgIpc) is 3.45. The van der Waals surface area contributed by atoms with E-state index in [9.17, 15) is 9.59 Å². The van der Waals surface area contributed by atoms with E-state index in [0.717, 1.165) is 50.8 Å². The van der Waals surface area contributed by atoms with Crippen LogP contribution in [0.2, 0.25) is 0 Å². The number of nitrogens with one attached hydrogen (secondary N) is 1. The zero-order chi connectivity index (χ0) is 20.2. The highest BCUT2D eigenvalue weighted by atomic mass is 16.5. The van der Waals surface area contributed by atoms with E-state index in [2.05, 4.69) is 15.6 Å². The number of nitrogens with zero attached hydrogens (tertiary/aromatic N) is 4. The van der Waals surface area contributed by atoms with Gasteiger partial charge in [-0.1, -0.05) is 5.21 Å². The van der Waals surface area contributed by atoms with Crippen molar-refractivity contribution in [1.82, 2.24) is 25.2 Å². The maximum absolute atomic E-state index is 13.0. The molecule has 1 aromatic heterocycles. The molecule has 2 aliphatic rings. The van der Waals surface area contributed by atoms with Crippen LogP contribution in [0.5, 0.6) is 5.75 Å². The molecule has 4 rings (SSSR count). The Balaban J connectivity index is 1.36. The molecule has 8 heteroatoms. The molecular weight excluding hydrogens is 370 g/mol. The number of amides is 2. The molecule has 29 heavy (non-hydrogen) atoms. The Bertz CT molecular complexity index is 859. The molecule has 1 aliphatic carbocycles. The minimum absolute atomic E-state index is 0.0560. The Hall–Kier alpha value is -2.90. The van der Waals surface area contributed by atoms with Crippen molar-refractivity contribution in [2.24, 2.45) is 0 Å². The zero-order valence-corrected chi connectivity index (χ0v) is 16.7. The third-order valence-electron chi connectivity index (χ3n) is 5.60. The number of aryl methyl sites for hydroxylation is 1. The summed E-state index contributed by atoms with van der Waals surface area (Å²) in [4.78, 5) is 27.1. The van der Waals surface area contributed by atoms with Gasteiger partial charge in [0.25, 0.3) is 11.8 Å². The second kappa shape index (κ2) is 8.63. The van der Waals surface area contributed by atoms with E-state index in [-0.39, 0.29) is 17.9 Å². The molecule has 0 spiro atoms. The van der Waals surface area contributed by atoms with Crippen LogP contribution in [0.4, 0.5) is 0 Å². The Labute approximate surface area is 170 Å². The predicted molar refractivity (Wildman–Crippen MR) is 107 cm³/mol. The van der Waals surface area contributed by atoms with Crippen LogP contribution in [-0.2, 0) is 6.54 Å². The predicted octanol–water partition coefficient (Wildman–Crippen LogP) is 2.26. The Kier molecular flexibility index (Phi) is 5.78. The van der Waals surface area contributed by atoms with E-state index < -0.39 is 0 Å². The summed E-state index contributed by atoms with van der Waals surface area (Å²) in [6, 6.07) is 7.72. The first-order chi connectivity index (χ1) is 14.1. The molecule has 2 amide bonds. The van der Waals surface area contributed by atoms with Crippen molar-refractivity contribution in [3.63, 3.8) is 0 Å². The molecule has 1 saturated carbocycles. The van der Waals surface area contributed by atoms with E-state index in [1.807, 2.05) is 29.2 Å². The van der Waals surface area contributed by atoms with Crippen molar-refractivity contribution >= 4 is 11.8 Å². The highest BCUT2D eigenvalue weighted by Crippen LogP contribution is 2.23. The van der Waals surface area contributed by atoms with E-state index >= 15 is 0 Å². The van der Waals surface area contributed by atoms with E-state index in [1.54, 1.807) is 18.0 Å². The van der Waals surface area contributed by atoms with Gasteiger partial charge in [-0.25, -0.2) is 0 Å². The van der Waals surface area contributed by atoms with E-state index in [0.29, 0.717) is 23.8 Å². The molecule has 1 aromatic carbocycles. The van der Waals surface area contributed by atoms with Gasteiger partial charge < -0.3 is 15.0 Å². The topological polar surface area (TPSA) is 89.4 Å². The van der Waals surface area contributed by atoms with Gasteiger partial charge in [-0.3, -0.25) is 14.3 Å². The fourth-order valence-corrected chi connectivity index (χ4v) is 3.75. The third kappa shape index (κ3) is 4.75.